The van der Waals surface area contributed by atoms with E-state index in [1.807, 2.05) is 53.1 Å². The molecule has 2 aromatic carbocycles. The molecule has 37 heavy (non-hydrogen) atoms. The molecule has 4 heterocycles. The first-order valence-electron chi connectivity index (χ1n) is 12.2. The van der Waals surface area contributed by atoms with E-state index >= 15 is 0 Å². The van der Waals surface area contributed by atoms with Crippen molar-refractivity contribution in [3.05, 3.63) is 101 Å². The Labute approximate surface area is 212 Å². The number of hydrogen-bond donors (Lipinski definition) is 1. The second kappa shape index (κ2) is 9.18. The Balaban J connectivity index is 1.31. The third kappa shape index (κ3) is 4.03. The number of rotatable bonds is 6. The lowest BCUT2D eigenvalue weighted by molar-refractivity contribution is 0.0686. The smallest absolute Gasteiger partial charge is 0.354 e. The van der Waals surface area contributed by atoms with E-state index in [2.05, 4.69) is 27.0 Å². The molecule has 6 rings (SSSR count). The maximum atomic E-state index is 13.8. The Morgan fingerprint density at radius 1 is 1.00 bits per heavy atom. The van der Waals surface area contributed by atoms with Gasteiger partial charge in [-0.05, 0) is 35.7 Å². The summed E-state index contributed by atoms with van der Waals surface area (Å²) in [6.45, 7) is 1.97. The van der Waals surface area contributed by atoms with E-state index in [-0.39, 0.29) is 17.4 Å². The summed E-state index contributed by atoms with van der Waals surface area (Å²) in [6, 6.07) is 20.1. The molecule has 3 aromatic heterocycles. The fraction of sp³-hybridized carbons (Fsp3) is 0.214. The van der Waals surface area contributed by atoms with Crippen LogP contribution >= 0.6 is 0 Å². The third-order valence-corrected chi connectivity index (χ3v) is 7.19. The van der Waals surface area contributed by atoms with Gasteiger partial charge in [0.2, 0.25) is 0 Å². The number of carboxylic acid groups (broad SMARTS) is 1. The van der Waals surface area contributed by atoms with Crippen molar-refractivity contribution in [1.82, 2.24) is 28.6 Å². The first kappa shape index (κ1) is 22.9. The zero-order valence-corrected chi connectivity index (χ0v) is 20.4. The number of carboxylic acids is 1. The Kier molecular flexibility index (Phi) is 5.69. The molecule has 9 nitrogen and oxygen atoms in total. The van der Waals surface area contributed by atoms with Crippen LogP contribution in [0.3, 0.4) is 0 Å². The van der Waals surface area contributed by atoms with Gasteiger partial charge in [-0.3, -0.25) is 19.0 Å². The van der Waals surface area contributed by atoms with Gasteiger partial charge in [-0.25, -0.2) is 14.6 Å². The highest BCUT2D eigenvalue weighted by atomic mass is 16.4. The van der Waals surface area contributed by atoms with Crippen LogP contribution in [0, 0.1) is 0 Å². The molecule has 0 unspecified atom stereocenters. The summed E-state index contributed by atoms with van der Waals surface area (Å²) in [7, 11) is 1.71. The van der Waals surface area contributed by atoms with Crippen LogP contribution in [0.15, 0.2) is 84.0 Å². The number of nitrogens with zero attached hydrogens (tertiary/aromatic N) is 6. The number of fused-ring (bicyclic) bond motifs is 1. The van der Waals surface area contributed by atoms with Gasteiger partial charge >= 0.3 is 11.7 Å². The molecular weight excluding hydrogens is 468 g/mol. The van der Waals surface area contributed by atoms with Gasteiger partial charge in [0.1, 0.15) is 11.5 Å². The molecule has 0 saturated carbocycles. The third-order valence-electron chi connectivity index (χ3n) is 7.19. The molecule has 0 bridgehead atoms. The van der Waals surface area contributed by atoms with Crippen LogP contribution in [0.4, 0.5) is 0 Å². The monoisotopic (exact) mass is 494 g/mol. The number of likely N-dealkylation sites (tertiary alicyclic amines) is 1. The van der Waals surface area contributed by atoms with Gasteiger partial charge in [-0.1, -0.05) is 42.5 Å². The summed E-state index contributed by atoms with van der Waals surface area (Å²) in [5, 5.41) is 9.31. The maximum Gasteiger partial charge on any atom is 0.354 e. The molecule has 0 radical (unpaired) electrons. The minimum Gasteiger partial charge on any atom is -0.477 e. The van der Waals surface area contributed by atoms with Crippen molar-refractivity contribution >= 4 is 17.0 Å². The molecule has 0 spiro atoms. The largest absolute Gasteiger partial charge is 0.477 e. The number of aromatic carboxylic acids is 1. The summed E-state index contributed by atoms with van der Waals surface area (Å²) < 4.78 is 5.22. The van der Waals surface area contributed by atoms with Crippen molar-refractivity contribution in [2.45, 2.75) is 19.0 Å². The topological polar surface area (TPSA) is 98.2 Å². The number of hydrogen-bond acceptors (Lipinski definition) is 5. The molecule has 9 heteroatoms. The van der Waals surface area contributed by atoms with E-state index in [1.165, 1.54) is 6.20 Å². The van der Waals surface area contributed by atoms with Crippen molar-refractivity contribution in [1.29, 1.82) is 0 Å². The van der Waals surface area contributed by atoms with Crippen LogP contribution in [0.25, 0.3) is 27.8 Å². The van der Waals surface area contributed by atoms with Crippen LogP contribution in [0.5, 0.6) is 0 Å². The lowest BCUT2D eigenvalue weighted by atomic mass is 10.1. The number of aromatic nitrogens is 5. The van der Waals surface area contributed by atoms with Crippen molar-refractivity contribution in [2.75, 3.05) is 13.1 Å². The molecule has 0 amide bonds. The molecule has 5 aromatic rings. The SMILES string of the molecule is Cn1c(C(=O)O)cnc1CN1CC[C@H](n2c(=O)n(-c3ccc(-c4ccccc4)cc3)c3ccncc32)C1. The Morgan fingerprint density at radius 2 is 1.76 bits per heavy atom. The van der Waals surface area contributed by atoms with Gasteiger partial charge < -0.3 is 9.67 Å². The van der Waals surface area contributed by atoms with E-state index in [1.54, 1.807) is 28.6 Å². The summed E-state index contributed by atoms with van der Waals surface area (Å²) in [5.41, 5.74) is 4.72. The fourth-order valence-electron chi connectivity index (χ4n) is 5.26. The van der Waals surface area contributed by atoms with Crippen molar-refractivity contribution in [2.24, 2.45) is 7.05 Å². The Morgan fingerprint density at radius 3 is 2.49 bits per heavy atom. The van der Waals surface area contributed by atoms with Gasteiger partial charge in [-0.15, -0.1) is 0 Å². The average molecular weight is 495 g/mol. The zero-order valence-electron chi connectivity index (χ0n) is 20.4. The molecule has 1 saturated heterocycles. The molecule has 1 aliphatic heterocycles. The summed E-state index contributed by atoms with van der Waals surface area (Å²) in [5.74, 6) is -0.308. The predicted molar refractivity (Wildman–Crippen MR) is 140 cm³/mol. The minimum atomic E-state index is -0.996. The number of pyridine rings is 1. The van der Waals surface area contributed by atoms with Crippen molar-refractivity contribution < 1.29 is 9.90 Å². The van der Waals surface area contributed by atoms with Crippen molar-refractivity contribution in [3.63, 3.8) is 0 Å². The highest BCUT2D eigenvalue weighted by Gasteiger charge is 2.29. The van der Waals surface area contributed by atoms with E-state index < -0.39 is 5.97 Å². The van der Waals surface area contributed by atoms with E-state index in [9.17, 15) is 14.7 Å². The van der Waals surface area contributed by atoms with E-state index in [0.29, 0.717) is 18.9 Å². The van der Waals surface area contributed by atoms with Crippen molar-refractivity contribution in [3.8, 4) is 16.8 Å². The fourth-order valence-corrected chi connectivity index (χ4v) is 5.26. The zero-order chi connectivity index (χ0) is 25.5. The molecule has 0 aliphatic carbocycles. The number of imidazole rings is 2. The summed E-state index contributed by atoms with van der Waals surface area (Å²) >= 11 is 0. The van der Waals surface area contributed by atoms with Crippen LogP contribution in [-0.4, -0.2) is 52.7 Å². The molecular formula is C28H26N6O3. The number of carbonyl (C=O) groups is 1. The molecule has 1 aliphatic rings. The second-order valence-corrected chi connectivity index (χ2v) is 9.37. The standard InChI is InChI=1S/C28H26N6O3/c1-31-25(27(35)36)16-30-26(31)18-32-14-12-22(17-32)34-24-15-29-13-11-23(24)33(28(34)37)21-9-7-20(8-10-21)19-5-3-2-4-6-19/h2-11,13,15-16,22H,12,14,17-18H2,1H3,(H,35,36)/t22-/m0/s1. The molecule has 1 N–H and O–H groups in total. The second-order valence-electron chi connectivity index (χ2n) is 9.37. The average Bonchev–Trinajstić information content (AvgIpc) is 3.60. The van der Waals surface area contributed by atoms with Crippen LogP contribution in [0.2, 0.25) is 0 Å². The quantitative estimate of drug-likeness (QED) is 0.386. The normalized spacial score (nSPS) is 16.0. The lowest BCUT2D eigenvalue weighted by Crippen LogP contribution is -2.29. The minimum absolute atomic E-state index is 0.0248. The van der Waals surface area contributed by atoms with E-state index in [0.717, 1.165) is 40.8 Å². The molecule has 1 atom stereocenters. The maximum absolute atomic E-state index is 13.8. The molecule has 186 valence electrons. The van der Waals surface area contributed by atoms with Gasteiger partial charge in [0.15, 0.2) is 0 Å². The summed E-state index contributed by atoms with van der Waals surface area (Å²) in [6.07, 6.45) is 5.66. The van der Waals surface area contributed by atoms with Crippen LogP contribution < -0.4 is 5.69 Å². The van der Waals surface area contributed by atoms with Gasteiger partial charge in [0.05, 0.1) is 41.7 Å². The van der Waals surface area contributed by atoms with Gasteiger partial charge in [0, 0.05) is 26.3 Å². The highest BCUT2D eigenvalue weighted by Crippen LogP contribution is 2.28. The Hall–Kier alpha value is -4.50. The van der Waals surface area contributed by atoms with Gasteiger partial charge in [0.25, 0.3) is 0 Å². The predicted octanol–water partition coefficient (Wildman–Crippen LogP) is 3.73. The van der Waals surface area contributed by atoms with Crippen LogP contribution in [-0.2, 0) is 13.6 Å². The highest BCUT2D eigenvalue weighted by molar-refractivity contribution is 5.85. The van der Waals surface area contributed by atoms with Gasteiger partial charge in [-0.2, -0.15) is 0 Å². The van der Waals surface area contributed by atoms with Crippen LogP contribution in [0.1, 0.15) is 28.8 Å². The lowest BCUT2D eigenvalue weighted by Gasteiger charge is -2.16. The Bertz CT molecular complexity index is 1650. The first-order valence-corrected chi connectivity index (χ1v) is 12.2. The number of benzene rings is 2. The molecule has 1 fully saturated rings. The summed E-state index contributed by atoms with van der Waals surface area (Å²) in [4.78, 5) is 36.0. The van der Waals surface area contributed by atoms with E-state index in [4.69, 9.17) is 0 Å². The first-order chi connectivity index (χ1) is 18.0.